The Bertz CT molecular complexity index is 706. The number of nitrogens with zero attached hydrogens (tertiary/aromatic N) is 5. The first kappa shape index (κ1) is 24.5. The first-order valence-electron chi connectivity index (χ1n) is 9.48. The molecule has 0 saturated heterocycles. The second-order valence-corrected chi connectivity index (χ2v) is 8.22. The Kier molecular flexibility index (Phi) is 8.71. The van der Waals surface area contributed by atoms with Crippen LogP contribution in [-0.4, -0.2) is 60.5 Å². The lowest BCUT2D eigenvalue weighted by Crippen LogP contribution is -2.51. The molecule has 29 heavy (non-hydrogen) atoms. The molecule has 164 valence electrons. The molecule has 1 aromatic heterocycles. The standard InChI is InChI=1S/C18H33N7O4/c1-13(22-26)17(3,4)20-11-15(12-21-18(5,6)14(2)23-27)7-9-24-10-8-19-16(24)25(28)29/h8,10,15,20-21,26-27H,7,9,11-12H2,1-6H3/b22-13+,23-14+. The molecule has 0 aliphatic carbocycles. The van der Waals surface area contributed by atoms with Gasteiger partial charge in [0.15, 0.2) is 0 Å². The third kappa shape index (κ3) is 7.09. The van der Waals surface area contributed by atoms with Crippen LogP contribution in [0.5, 0.6) is 0 Å². The summed E-state index contributed by atoms with van der Waals surface area (Å²) < 4.78 is 1.52. The number of rotatable bonds is 12. The van der Waals surface area contributed by atoms with Crippen molar-refractivity contribution in [3.05, 3.63) is 22.5 Å². The quantitative estimate of drug-likeness (QED) is 0.178. The average Bonchev–Trinajstić information content (AvgIpc) is 3.14. The zero-order valence-corrected chi connectivity index (χ0v) is 18.0. The first-order chi connectivity index (χ1) is 13.4. The highest BCUT2D eigenvalue weighted by atomic mass is 16.6. The smallest absolute Gasteiger partial charge is 0.411 e. The van der Waals surface area contributed by atoms with Crippen LogP contribution in [0.2, 0.25) is 0 Å². The van der Waals surface area contributed by atoms with E-state index in [2.05, 4.69) is 25.9 Å². The zero-order chi connectivity index (χ0) is 22.2. The molecule has 0 radical (unpaired) electrons. The number of oxime groups is 2. The molecule has 11 nitrogen and oxygen atoms in total. The summed E-state index contributed by atoms with van der Waals surface area (Å²) in [5, 5.41) is 42.6. The van der Waals surface area contributed by atoms with E-state index in [0.29, 0.717) is 37.5 Å². The van der Waals surface area contributed by atoms with E-state index < -0.39 is 16.0 Å². The van der Waals surface area contributed by atoms with Crippen LogP contribution in [0.4, 0.5) is 5.95 Å². The summed E-state index contributed by atoms with van der Waals surface area (Å²) in [6.07, 6.45) is 3.65. The second-order valence-electron chi connectivity index (χ2n) is 8.22. The van der Waals surface area contributed by atoms with Gasteiger partial charge < -0.3 is 31.2 Å². The predicted octanol–water partition coefficient (Wildman–Crippen LogP) is 2.23. The number of nitro groups is 1. The minimum absolute atomic E-state index is 0.0912. The van der Waals surface area contributed by atoms with Gasteiger partial charge in [0.2, 0.25) is 0 Å². The van der Waals surface area contributed by atoms with Gasteiger partial charge in [-0.2, -0.15) is 0 Å². The lowest BCUT2D eigenvalue weighted by atomic mass is 9.95. The lowest BCUT2D eigenvalue weighted by Gasteiger charge is -2.31. The minimum atomic E-state index is -0.508. The van der Waals surface area contributed by atoms with E-state index in [0.717, 1.165) is 0 Å². The lowest BCUT2D eigenvalue weighted by molar-refractivity contribution is -0.396. The van der Waals surface area contributed by atoms with Crippen LogP contribution in [0.3, 0.4) is 0 Å². The molecule has 0 spiro atoms. The molecule has 1 aromatic rings. The Hall–Kier alpha value is -2.53. The number of hydrogen-bond acceptors (Lipinski definition) is 9. The van der Waals surface area contributed by atoms with Crippen molar-refractivity contribution in [2.45, 2.75) is 65.6 Å². The van der Waals surface area contributed by atoms with Crippen LogP contribution >= 0.6 is 0 Å². The summed E-state index contributed by atoms with van der Waals surface area (Å²) in [4.78, 5) is 14.4. The Morgan fingerprint density at radius 1 is 1.17 bits per heavy atom. The van der Waals surface area contributed by atoms with Crippen molar-refractivity contribution in [2.24, 2.45) is 16.2 Å². The van der Waals surface area contributed by atoms with E-state index in [1.54, 1.807) is 20.0 Å². The molecule has 0 aromatic carbocycles. The fourth-order valence-electron chi connectivity index (χ4n) is 2.55. The van der Waals surface area contributed by atoms with Gasteiger partial charge in [0.05, 0.1) is 29.0 Å². The topological polar surface area (TPSA) is 150 Å². The first-order valence-corrected chi connectivity index (χ1v) is 9.48. The highest BCUT2D eigenvalue weighted by Crippen LogP contribution is 2.15. The Labute approximate surface area is 171 Å². The van der Waals surface area contributed by atoms with Crippen molar-refractivity contribution in [3.63, 3.8) is 0 Å². The van der Waals surface area contributed by atoms with Gasteiger partial charge in [-0.15, -0.1) is 0 Å². The number of hydrogen-bond donors (Lipinski definition) is 4. The van der Waals surface area contributed by atoms with Crippen LogP contribution in [0.25, 0.3) is 0 Å². The van der Waals surface area contributed by atoms with Gasteiger partial charge >= 0.3 is 5.95 Å². The molecular weight excluding hydrogens is 378 g/mol. The van der Waals surface area contributed by atoms with Crippen molar-refractivity contribution >= 4 is 17.4 Å². The molecule has 0 fully saturated rings. The number of imidazole rings is 1. The van der Waals surface area contributed by atoms with E-state index in [-0.39, 0.29) is 11.9 Å². The number of aromatic nitrogens is 2. The molecule has 0 bridgehead atoms. The minimum Gasteiger partial charge on any atom is -0.411 e. The monoisotopic (exact) mass is 411 g/mol. The Balaban J connectivity index is 2.87. The third-order valence-corrected chi connectivity index (χ3v) is 5.41. The highest BCUT2D eigenvalue weighted by Gasteiger charge is 2.26. The number of aryl methyl sites for hydroxylation is 1. The van der Waals surface area contributed by atoms with Crippen LogP contribution in [0.1, 0.15) is 48.0 Å². The van der Waals surface area contributed by atoms with Crippen molar-refractivity contribution in [1.82, 2.24) is 20.2 Å². The normalized spacial score (nSPS) is 14.8. The second kappa shape index (κ2) is 10.3. The van der Waals surface area contributed by atoms with Crippen molar-refractivity contribution < 1.29 is 15.3 Å². The Morgan fingerprint density at radius 2 is 1.66 bits per heavy atom. The summed E-state index contributed by atoms with van der Waals surface area (Å²) in [6, 6.07) is 0. The molecular formula is C18H33N7O4. The van der Waals surface area contributed by atoms with Gasteiger partial charge in [-0.1, -0.05) is 15.3 Å². The van der Waals surface area contributed by atoms with Crippen molar-refractivity contribution in [2.75, 3.05) is 13.1 Å². The van der Waals surface area contributed by atoms with Crippen LogP contribution in [0, 0.1) is 16.0 Å². The van der Waals surface area contributed by atoms with Gasteiger partial charge in [0.25, 0.3) is 0 Å². The summed E-state index contributed by atoms with van der Waals surface area (Å²) in [5.41, 5.74) is 0.0916. The Morgan fingerprint density at radius 3 is 2.07 bits per heavy atom. The summed E-state index contributed by atoms with van der Waals surface area (Å²) >= 11 is 0. The zero-order valence-electron chi connectivity index (χ0n) is 18.0. The maximum absolute atomic E-state index is 11.1. The molecule has 0 unspecified atom stereocenters. The molecule has 0 atom stereocenters. The van der Waals surface area contributed by atoms with E-state index in [4.69, 9.17) is 10.4 Å². The highest BCUT2D eigenvalue weighted by molar-refractivity contribution is 5.90. The summed E-state index contributed by atoms with van der Waals surface area (Å²) in [6.45, 7) is 12.7. The fraction of sp³-hybridized carbons (Fsp3) is 0.722. The maximum atomic E-state index is 11.1. The summed E-state index contributed by atoms with van der Waals surface area (Å²) in [7, 11) is 0. The molecule has 1 heterocycles. The van der Waals surface area contributed by atoms with Crippen LogP contribution < -0.4 is 10.6 Å². The molecule has 0 amide bonds. The van der Waals surface area contributed by atoms with E-state index >= 15 is 0 Å². The molecule has 0 saturated carbocycles. The van der Waals surface area contributed by atoms with Gasteiger partial charge in [-0.05, 0) is 58.8 Å². The molecule has 11 heteroatoms. The SMILES string of the molecule is C/C(=N\O)C(C)(C)NCC(CCn1ccnc1[N+](=O)[O-])CNC(C)(C)/C(C)=N/O. The summed E-state index contributed by atoms with van der Waals surface area (Å²) in [5.74, 6) is -0.0922. The van der Waals surface area contributed by atoms with Gasteiger partial charge in [0.1, 0.15) is 12.4 Å². The van der Waals surface area contributed by atoms with E-state index in [1.165, 1.54) is 10.8 Å². The molecule has 0 aliphatic rings. The van der Waals surface area contributed by atoms with E-state index in [9.17, 15) is 10.1 Å². The molecule has 1 rings (SSSR count). The van der Waals surface area contributed by atoms with Gasteiger partial charge in [-0.25, -0.2) is 4.57 Å². The molecule has 0 aliphatic heterocycles. The van der Waals surface area contributed by atoms with Crippen molar-refractivity contribution in [3.8, 4) is 0 Å². The average molecular weight is 412 g/mol. The van der Waals surface area contributed by atoms with Gasteiger partial charge in [0, 0.05) is 13.1 Å². The third-order valence-electron chi connectivity index (χ3n) is 5.41. The van der Waals surface area contributed by atoms with E-state index in [1.807, 2.05) is 27.7 Å². The molecule has 4 N–H and O–H groups in total. The van der Waals surface area contributed by atoms with Crippen molar-refractivity contribution in [1.29, 1.82) is 0 Å². The van der Waals surface area contributed by atoms with Crippen LogP contribution in [0.15, 0.2) is 22.7 Å². The number of nitrogens with one attached hydrogen (secondary N) is 2. The van der Waals surface area contributed by atoms with Gasteiger partial charge in [-0.3, -0.25) is 0 Å². The van der Waals surface area contributed by atoms with Crippen LogP contribution in [-0.2, 0) is 6.54 Å². The predicted molar refractivity (Wildman–Crippen MR) is 111 cm³/mol. The largest absolute Gasteiger partial charge is 0.434 e. The maximum Gasteiger partial charge on any atom is 0.434 e. The fourth-order valence-corrected chi connectivity index (χ4v) is 2.55.